The van der Waals surface area contributed by atoms with Crippen LogP contribution < -0.4 is 25.3 Å². The van der Waals surface area contributed by atoms with E-state index in [0.29, 0.717) is 25.7 Å². The van der Waals surface area contributed by atoms with Crippen molar-refractivity contribution in [3.8, 4) is 17.2 Å². The number of nitrogens with zero attached hydrogens (tertiary/aromatic N) is 1. The Kier molecular flexibility index (Phi) is 10.4. The van der Waals surface area contributed by atoms with E-state index in [1.54, 1.807) is 7.11 Å². The van der Waals surface area contributed by atoms with Gasteiger partial charge in [0.05, 0.1) is 26.0 Å². The molecule has 0 atom stereocenters. The second-order valence-electron chi connectivity index (χ2n) is 5.49. The van der Waals surface area contributed by atoms with Crippen LogP contribution in [0.25, 0.3) is 0 Å². The first kappa shape index (κ1) is 22.9. The number of hydrogen-bond acceptors (Lipinski definition) is 4. The molecule has 148 valence electrons. The van der Waals surface area contributed by atoms with Gasteiger partial charge in [-0.3, -0.25) is 4.99 Å². The van der Waals surface area contributed by atoms with Gasteiger partial charge in [-0.1, -0.05) is 18.2 Å². The van der Waals surface area contributed by atoms with Crippen LogP contribution in [0.4, 0.5) is 5.69 Å². The lowest BCUT2D eigenvalue weighted by molar-refractivity contribution is 0.287. The molecule has 0 heterocycles. The molecule has 0 aliphatic heterocycles. The quantitative estimate of drug-likeness (QED) is 0.318. The van der Waals surface area contributed by atoms with E-state index in [-0.39, 0.29) is 24.0 Å². The molecule has 0 fully saturated rings. The topological polar surface area (TPSA) is 78.1 Å². The first-order valence-corrected chi connectivity index (χ1v) is 8.76. The maximum Gasteiger partial charge on any atom is 0.193 e. The third kappa shape index (κ3) is 7.16. The van der Waals surface area contributed by atoms with Gasteiger partial charge >= 0.3 is 0 Å². The molecule has 6 nitrogen and oxygen atoms in total. The number of benzene rings is 2. The monoisotopic (exact) mass is 485 g/mol. The zero-order valence-corrected chi connectivity index (χ0v) is 18.4. The van der Waals surface area contributed by atoms with Crippen LogP contribution in [0, 0.1) is 0 Å². The minimum atomic E-state index is 0. The number of guanidine groups is 1. The maximum atomic E-state index is 5.97. The Balaban J connectivity index is 0.00000364. The Hall–Kier alpha value is -2.16. The molecule has 0 unspecified atom stereocenters. The lowest BCUT2D eigenvalue weighted by Gasteiger charge is -2.12. The highest BCUT2D eigenvalue weighted by Gasteiger charge is 2.06. The van der Waals surface area contributed by atoms with Crippen molar-refractivity contribution in [3.63, 3.8) is 0 Å². The van der Waals surface area contributed by atoms with Crippen molar-refractivity contribution in [3.05, 3.63) is 48.0 Å². The van der Waals surface area contributed by atoms with Gasteiger partial charge in [0, 0.05) is 6.54 Å². The summed E-state index contributed by atoms with van der Waals surface area (Å²) in [6, 6.07) is 13.5. The third-order valence-electron chi connectivity index (χ3n) is 3.66. The molecular formula is C20H28IN3O3. The molecule has 0 radical (unpaired) electrons. The van der Waals surface area contributed by atoms with Gasteiger partial charge in [-0.25, -0.2) is 0 Å². The Morgan fingerprint density at radius 1 is 1.00 bits per heavy atom. The zero-order chi connectivity index (χ0) is 18.8. The molecule has 7 heteroatoms. The number of ether oxygens (including phenoxy) is 3. The van der Waals surface area contributed by atoms with Crippen LogP contribution in [-0.4, -0.2) is 32.8 Å². The molecule has 0 aromatic heterocycles. The number of nitrogens with two attached hydrogens (primary N) is 1. The second kappa shape index (κ2) is 12.3. The largest absolute Gasteiger partial charge is 0.495 e. The van der Waals surface area contributed by atoms with Crippen LogP contribution in [0.1, 0.15) is 19.4 Å². The fourth-order valence-corrected chi connectivity index (χ4v) is 2.48. The molecular weight excluding hydrogens is 457 g/mol. The number of nitrogens with one attached hydrogen (secondary N) is 1. The number of aliphatic imine (C=N–C) groups is 1. The average molecular weight is 485 g/mol. The zero-order valence-electron chi connectivity index (χ0n) is 16.0. The van der Waals surface area contributed by atoms with E-state index in [0.717, 1.165) is 34.9 Å². The minimum absolute atomic E-state index is 0. The molecule has 0 bridgehead atoms. The highest BCUT2D eigenvalue weighted by molar-refractivity contribution is 14.0. The van der Waals surface area contributed by atoms with Gasteiger partial charge in [-0.15, -0.1) is 24.0 Å². The fourth-order valence-electron chi connectivity index (χ4n) is 2.48. The summed E-state index contributed by atoms with van der Waals surface area (Å²) in [4.78, 5) is 4.38. The molecule has 2 rings (SSSR count). The second-order valence-corrected chi connectivity index (χ2v) is 5.49. The van der Waals surface area contributed by atoms with E-state index >= 15 is 0 Å². The molecule has 0 aliphatic carbocycles. The van der Waals surface area contributed by atoms with E-state index in [1.165, 1.54) is 0 Å². The van der Waals surface area contributed by atoms with Gasteiger partial charge < -0.3 is 25.3 Å². The molecule has 0 spiro atoms. The number of halogens is 1. The van der Waals surface area contributed by atoms with Crippen LogP contribution in [-0.2, 0) is 6.42 Å². The van der Waals surface area contributed by atoms with E-state index < -0.39 is 0 Å². The summed E-state index contributed by atoms with van der Waals surface area (Å²) in [5.41, 5.74) is 7.88. The Morgan fingerprint density at radius 2 is 1.70 bits per heavy atom. The van der Waals surface area contributed by atoms with Gasteiger partial charge in [-0.2, -0.15) is 0 Å². The average Bonchev–Trinajstić information content (AvgIpc) is 2.64. The standard InChI is InChI=1S/C20H27N3O3.HI/c1-4-25-18-11-10-15(14-19(18)26-5-2)12-13-22-20(21)23-16-8-6-7-9-17(16)24-3;/h6-11,14H,4-5,12-13H2,1-3H3,(H3,21,22,23);1H. The summed E-state index contributed by atoms with van der Waals surface area (Å²) in [6.45, 7) is 5.67. The van der Waals surface area contributed by atoms with Crippen LogP contribution >= 0.6 is 24.0 Å². The smallest absolute Gasteiger partial charge is 0.193 e. The van der Waals surface area contributed by atoms with Gasteiger partial charge in [0.2, 0.25) is 0 Å². The molecule has 2 aromatic rings. The van der Waals surface area contributed by atoms with E-state index in [2.05, 4.69) is 10.3 Å². The van der Waals surface area contributed by atoms with Crippen molar-refractivity contribution >= 4 is 35.6 Å². The predicted molar refractivity (Wildman–Crippen MR) is 121 cm³/mol. The van der Waals surface area contributed by atoms with Crippen molar-refractivity contribution in [1.82, 2.24) is 0 Å². The lowest BCUT2D eigenvalue weighted by Crippen LogP contribution is -2.23. The number of rotatable bonds is 9. The number of hydrogen-bond donors (Lipinski definition) is 2. The Labute approximate surface area is 178 Å². The molecule has 2 aromatic carbocycles. The maximum absolute atomic E-state index is 5.97. The summed E-state index contributed by atoms with van der Waals surface area (Å²) in [6.07, 6.45) is 0.751. The van der Waals surface area contributed by atoms with E-state index in [4.69, 9.17) is 19.9 Å². The van der Waals surface area contributed by atoms with Crippen molar-refractivity contribution in [2.45, 2.75) is 20.3 Å². The van der Waals surface area contributed by atoms with Gasteiger partial charge in [0.15, 0.2) is 17.5 Å². The lowest BCUT2D eigenvalue weighted by atomic mass is 10.1. The summed E-state index contributed by atoms with van der Waals surface area (Å²) in [5.74, 6) is 2.60. The van der Waals surface area contributed by atoms with Gasteiger partial charge in [0.25, 0.3) is 0 Å². The molecule has 0 amide bonds. The minimum Gasteiger partial charge on any atom is -0.495 e. The summed E-state index contributed by atoms with van der Waals surface area (Å²) in [7, 11) is 1.62. The van der Waals surface area contributed by atoms with Crippen molar-refractivity contribution in [1.29, 1.82) is 0 Å². The molecule has 3 N–H and O–H groups in total. The van der Waals surface area contributed by atoms with Gasteiger partial charge in [-0.05, 0) is 50.1 Å². The van der Waals surface area contributed by atoms with Gasteiger partial charge in [0.1, 0.15) is 5.75 Å². The number of anilines is 1. The molecule has 0 saturated carbocycles. The summed E-state index contributed by atoms with van der Waals surface area (Å²) < 4.78 is 16.5. The Morgan fingerprint density at radius 3 is 2.41 bits per heavy atom. The third-order valence-corrected chi connectivity index (χ3v) is 3.66. The number of methoxy groups -OCH3 is 1. The van der Waals surface area contributed by atoms with Crippen LogP contribution in [0.3, 0.4) is 0 Å². The summed E-state index contributed by atoms with van der Waals surface area (Å²) in [5, 5.41) is 3.06. The van der Waals surface area contributed by atoms with Crippen LogP contribution in [0.15, 0.2) is 47.5 Å². The normalized spacial score (nSPS) is 10.7. The predicted octanol–water partition coefficient (Wildman–Crippen LogP) is 4.08. The SMILES string of the molecule is CCOc1ccc(CCN=C(N)Nc2ccccc2OC)cc1OCC.I. The highest BCUT2D eigenvalue weighted by Crippen LogP contribution is 2.28. The van der Waals surface area contributed by atoms with Crippen LogP contribution in [0.2, 0.25) is 0 Å². The van der Waals surface area contributed by atoms with Crippen molar-refractivity contribution in [2.75, 3.05) is 32.2 Å². The van der Waals surface area contributed by atoms with Crippen molar-refractivity contribution < 1.29 is 14.2 Å². The highest BCUT2D eigenvalue weighted by atomic mass is 127. The first-order chi connectivity index (χ1) is 12.7. The number of para-hydroxylation sites is 2. The summed E-state index contributed by atoms with van der Waals surface area (Å²) >= 11 is 0. The molecule has 0 saturated heterocycles. The van der Waals surface area contributed by atoms with Crippen molar-refractivity contribution in [2.24, 2.45) is 10.7 Å². The fraction of sp³-hybridized carbons (Fsp3) is 0.350. The molecule has 27 heavy (non-hydrogen) atoms. The molecule has 0 aliphatic rings. The van der Waals surface area contributed by atoms with E-state index in [1.807, 2.05) is 56.3 Å². The first-order valence-electron chi connectivity index (χ1n) is 8.76. The van der Waals surface area contributed by atoms with Crippen LogP contribution in [0.5, 0.6) is 17.2 Å². The Bertz CT molecular complexity index is 738. The van der Waals surface area contributed by atoms with E-state index in [9.17, 15) is 0 Å².